The summed E-state index contributed by atoms with van der Waals surface area (Å²) in [4.78, 5) is 27.6. The van der Waals surface area contributed by atoms with Crippen molar-refractivity contribution in [3.63, 3.8) is 0 Å². The zero-order chi connectivity index (χ0) is 13.3. The van der Waals surface area contributed by atoms with Crippen molar-refractivity contribution in [3.8, 4) is 0 Å². The van der Waals surface area contributed by atoms with Crippen LogP contribution in [0.4, 0.5) is 0 Å². The van der Waals surface area contributed by atoms with E-state index in [1.54, 1.807) is 0 Å². The molecule has 1 fully saturated rings. The van der Waals surface area contributed by atoms with Crippen molar-refractivity contribution >= 4 is 23.5 Å². The van der Waals surface area contributed by atoms with Crippen LogP contribution in [-0.2, 0) is 4.79 Å². The van der Waals surface area contributed by atoms with Gasteiger partial charge in [0.1, 0.15) is 11.7 Å². The molecule has 5 nitrogen and oxygen atoms in total. The predicted octanol–water partition coefficient (Wildman–Crippen LogP) is 1.99. The number of hydrogen-bond acceptors (Lipinski definition) is 2. The number of piperidine rings is 1. The highest BCUT2D eigenvalue weighted by atomic mass is 35.5. The Bertz CT molecular complexity index is 472. The lowest BCUT2D eigenvalue weighted by Crippen LogP contribution is -2.49. The van der Waals surface area contributed by atoms with E-state index in [0.29, 0.717) is 29.6 Å². The van der Waals surface area contributed by atoms with Crippen LogP contribution < -0.4 is 0 Å². The van der Waals surface area contributed by atoms with E-state index >= 15 is 0 Å². The number of nitrogens with one attached hydrogen (secondary N) is 1. The van der Waals surface area contributed by atoms with Gasteiger partial charge in [-0.25, -0.2) is 4.79 Å². The van der Waals surface area contributed by atoms with Crippen molar-refractivity contribution < 1.29 is 14.7 Å². The quantitative estimate of drug-likeness (QED) is 0.863. The van der Waals surface area contributed by atoms with Crippen LogP contribution in [-0.4, -0.2) is 39.5 Å². The van der Waals surface area contributed by atoms with E-state index in [-0.39, 0.29) is 5.91 Å². The molecule has 2 N–H and O–H groups in total. The molecular formula is C12H15ClN2O3. The Hall–Kier alpha value is -1.49. The van der Waals surface area contributed by atoms with E-state index in [1.165, 1.54) is 17.2 Å². The van der Waals surface area contributed by atoms with Gasteiger partial charge in [-0.05, 0) is 24.8 Å². The Balaban J connectivity index is 2.20. The minimum Gasteiger partial charge on any atom is -0.480 e. The molecule has 1 aliphatic heterocycles. The molecule has 0 aromatic carbocycles. The first-order valence-corrected chi connectivity index (χ1v) is 6.24. The molecule has 98 valence electrons. The monoisotopic (exact) mass is 270 g/mol. The lowest BCUT2D eigenvalue weighted by atomic mass is 9.92. The summed E-state index contributed by atoms with van der Waals surface area (Å²) in [7, 11) is 0. The number of nitrogens with zero attached hydrogens (tertiary/aromatic N) is 1. The van der Waals surface area contributed by atoms with Crippen molar-refractivity contribution in [2.24, 2.45) is 5.92 Å². The van der Waals surface area contributed by atoms with Crippen LogP contribution in [0.1, 0.15) is 30.3 Å². The van der Waals surface area contributed by atoms with E-state index in [2.05, 4.69) is 4.98 Å². The van der Waals surface area contributed by atoms with Gasteiger partial charge < -0.3 is 15.0 Å². The van der Waals surface area contributed by atoms with Crippen LogP contribution in [0.25, 0.3) is 0 Å². The maximum Gasteiger partial charge on any atom is 0.326 e. The minimum atomic E-state index is -0.951. The summed E-state index contributed by atoms with van der Waals surface area (Å²) in [6.45, 7) is 2.47. The lowest BCUT2D eigenvalue weighted by Gasteiger charge is -2.35. The fourth-order valence-corrected chi connectivity index (χ4v) is 2.43. The molecule has 1 aromatic rings. The van der Waals surface area contributed by atoms with Gasteiger partial charge in [0.05, 0.1) is 5.02 Å². The highest BCUT2D eigenvalue weighted by molar-refractivity contribution is 6.31. The van der Waals surface area contributed by atoms with Gasteiger partial charge in [0, 0.05) is 12.7 Å². The van der Waals surface area contributed by atoms with Gasteiger partial charge in [-0.15, -0.1) is 0 Å². The van der Waals surface area contributed by atoms with Crippen molar-refractivity contribution in [1.29, 1.82) is 0 Å². The second kappa shape index (κ2) is 5.02. The molecule has 0 spiro atoms. The first-order valence-electron chi connectivity index (χ1n) is 5.86. The molecule has 2 heterocycles. The van der Waals surface area contributed by atoms with Gasteiger partial charge in [0.25, 0.3) is 5.91 Å². The lowest BCUT2D eigenvalue weighted by molar-refractivity contribution is -0.144. The largest absolute Gasteiger partial charge is 0.480 e. The Labute approximate surface area is 110 Å². The van der Waals surface area contributed by atoms with E-state index < -0.39 is 12.0 Å². The van der Waals surface area contributed by atoms with Gasteiger partial charge in [-0.2, -0.15) is 0 Å². The molecular weight excluding hydrogens is 256 g/mol. The standard InChI is InChI=1S/C12H15ClN2O3/c1-7-2-3-15(10(4-7)12(17)18)11(16)9-5-8(13)6-14-9/h5-7,10,14H,2-4H2,1H3,(H,17,18). The second-order valence-electron chi connectivity index (χ2n) is 4.71. The molecule has 1 saturated heterocycles. The van der Waals surface area contributed by atoms with Crippen molar-refractivity contribution in [1.82, 2.24) is 9.88 Å². The predicted molar refractivity (Wildman–Crippen MR) is 66.7 cm³/mol. The first kappa shape index (κ1) is 13.0. The number of rotatable bonds is 2. The number of aliphatic carboxylic acids is 1. The van der Waals surface area contributed by atoms with Crippen LogP contribution >= 0.6 is 11.6 Å². The molecule has 0 radical (unpaired) electrons. The van der Waals surface area contributed by atoms with Crippen LogP contribution in [0.3, 0.4) is 0 Å². The Morgan fingerprint density at radius 2 is 2.28 bits per heavy atom. The third-order valence-electron chi connectivity index (χ3n) is 3.29. The molecule has 1 aromatic heterocycles. The summed E-state index contributed by atoms with van der Waals surface area (Å²) in [6, 6.07) is 0.768. The third kappa shape index (κ3) is 2.51. The molecule has 1 aliphatic rings. The first-order chi connectivity index (χ1) is 8.49. The van der Waals surface area contributed by atoms with Gasteiger partial charge in [-0.1, -0.05) is 18.5 Å². The van der Waals surface area contributed by atoms with E-state index in [9.17, 15) is 14.7 Å². The second-order valence-corrected chi connectivity index (χ2v) is 5.15. The normalized spacial score (nSPS) is 24.0. The maximum absolute atomic E-state index is 12.2. The van der Waals surface area contributed by atoms with Crippen LogP contribution in [0.5, 0.6) is 0 Å². The van der Waals surface area contributed by atoms with Gasteiger partial charge >= 0.3 is 5.97 Å². The van der Waals surface area contributed by atoms with Crippen LogP contribution in [0.15, 0.2) is 12.3 Å². The van der Waals surface area contributed by atoms with Crippen molar-refractivity contribution in [2.45, 2.75) is 25.8 Å². The number of carboxylic acid groups (broad SMARTS) is 1. The van der Waals surface area contributed by atoms with Gasteiger partial charge in [0.2, 0.25) is 0 Å². The summed E-state index contributed by atoms with van der Waals surface area (Å²) in [5.41, 5.74) is 0.334. The Morgan fingerprint density at radius 3 is 2.83 bits per heavy atom. The third-order valence-corrected chi connectivity index (χ3v) is 3.51. The number of carbonyl (C=O) groups is 2. The molecule has 2 rings (SSSR count). The van der Waals surface area contributed by atoms with E-state index in [1.807, 2.05) is 6.92 Å². The number of halogens is 1. The number of amides is 1. The summed E-state index contributed by atoms with van der Waals surface area (Å²) >= 11 is 5.75. The molecule has 0 bridgehead atoms. The fourth-order valence-electron chi connectivity index (χ4n) is 2.26. The van der Waals surface area contributed by atoms with E-state index in [0.717, 1.165) is 6.42 Å². The zero-order valence-corrected chi connectivity index (χ0v) is 10.8. The van der Waals surface area contributed by atoms with Gasteiger partial charge in [-0.3, -0.25) is 4.79 Å². The van der Waals surface area contributed by atoms with Crippen LogP contribution in [0, 0.1) is 5.92 Å². The fraction of sp³-hybridized carbons (Fsp3) is 0.500. The summed E-state index contributed by atoms with van der Waals surface area (Å²) in [5, 5.41) is 9.64. The molecule has 18 heavy (non-hydrogen) atoms. The van der Waals surface area contributed by atoms with Crippen LogP contribution in [0.2, 0.25) is 5.02 Å². The Morgan fingerprint density at radius 1 is 1.56 bits per heavy atom. The molecule has 6 heteroatoms. The SMILES string of the molecule is CC1CCN(C(=O)c2cc(Cl)c[nH]2)C(C(=O)O)C1. The number of carboxylic acids is 1. The smallest absolute Gasteiger partial charge is 0.326 e. The summed E-state index contributed by atoms with van der Waals surface area (Å²) < 4.78 is 0. The maximum atomic E-state index is 12.2. The molecule has 0 aliphatic carbocycles. The molecule has 2 atom stereocenters. The molecule has 1 amide bonds. The summed E-state index contributed by atoms with van der Waals surface area (Å²) in [6.07, 6.45) is 2.83. The highest BCUT2D eigenvalue weighted by Gasteiger charge is 2.35. The average molecular weight is 271 g/mol. The molecule has 0 saturated carbocycles. The number of H-pyrrole nitrogens is 1. The van der Waals surface area contributed by atoms with Crippen molar-refractivity contribution in [2.75, 3.05) is 6.54 Å². The van der Waals surface area contributed by atoms with Crippen molar-refractivity contribution in [3.05, 3.63) is 23.0 Å². The number of aromatic nitrogens is 1. The topological polar surface area (TPSA) is 73.4 Å². The Kier molecular flexibility index (Phi) is 3.61. The number of carbonyl (C=O) groups excluding carboxylic acids is 1. The van der Waals surface area contributed by atoms with E-state index in [4.69, 9.17) is 11.6 Å². The average Bonchev–Trinajstić information content (AvgIpc) is 2.75. The zero-order valence-electron chi connectivity index (χ0n) is 10.0. The minimum absolute atomic E-state index is 0.304. The highest BCUT2D eigenvalue weighted by Crippen LogP contribution is 2.24. The number of hydrogen-bond donors (Lipinski definition) is 2. The molecule has 2 unspecified atom stereocenters. The number of aromatic amines is 1. The summed E-state index contributed by atoms with van der Waals surface area (Å²) in [5.74, 6) is -0.934. The number of likely N-dealkylation sites (tertiary alicyclic amines) is 1. The van der Waals surface area contributed by atoms with Gasteiger partial charge in [0.15, 0.2) is 0 Å².